The smallest absolute Gasteiger partial charge is 0.462 e. The lowest BCUT2D eigenvalue weighted by Gasteiger charge is -2.19. The Morgan fingerprint density at radius 2 is 1.03 bits per heavy atom. The lowest BCUT2D eigenvalue weighted by molar-refractivity contribution is -0.161. The van der Waals surface area contributed by atoms with Crippen LogP contribution in [0.5, 0.6) is 0 Å². The molecule has 0 aliphatic rings. The molecular formula is C29H57O8P. The van der Waals surface area contributed by atoms with Crippen LogP contribution in [0.15, 0.2) is 0 Å². The molecule has 0 aliphatic heterocycles. The highest BCUT2D eigenvalue weighted by molar-refractivity contribution is 7.47. The van der Waals surface area contributed by atoms with Crippen LogP contribution in [0.4, 0.5) is 0 Å². The average molecular weight is 565 g/mol. The fourth-order valence-corrected chi connectivity index (χ4v) is 4.91. The topological polar surface area (TPSA) is 108 Å². The zero-order valence-electron chi connectivity index (χ0n) is 24.6. The molecule has 9 heteroatoms. The second kappa shape index (κ2) is 26.3. The number of carbonyl (C=O) groups is 2. The van der Waals surface area contributed by atoms with E-state index in [4.69, 9.17) is 14.0 Å². The molecule has 0 rings (SSSR count). The second-order valence-corrected chi connectivity index (χ2v) is 11.6. The summed E-state index contributed by atoms with van der Waals surface area (Å²) in [5.74, 6) is -0.808. The van der Waals surface area contributed by atoms with Gasteiger partial charge in [-0.25, -0.2) is 4.57 Å². The van der Waals surface area contributed by atoms with E-state index < -0.39 is 19.9 Å². The average Bonchev–Trinajstić information content (AvgIpc) is 2.88. The molecule has 0 aromatic carbocycles. The van der Waals surface area contributed by atoms with E-state index in [0.29, 0.717) is 12.8 Å². The highest BCUT2D eigenvalue weighted by atomic mass is 31.2. The molecule has 0 aromatic rings. The van der Waals surface area contributed by atoms with Gasteiger partial charge in [0.1, 0.15) is 6.61 Å². The Bertz CT molecular complexity index is 613. The van der Waals surface area contributed by atoms with Crippen LogP contribution in [0.2, 0.25) is 0 Å². The number of ether oxygens (including phenoxy) is 2. The maximum absolute atomic E-state index is 12.2. The molecule has 1 N–H and O–H groups in total. The molecule has 8 nitrogen and oxygen atoms in total. The van der Waals surface area contributed by atoms with Crippen LogP contribution in [-0.4, -0.2) is 42.8 Å². The van der Waals surface area contributed by atoms with Crippen LogP contribution in [0, 0.1) is 0 Å². The Kier molecular flexibility index (Phi) is 25.6. The number of esters is 2. The molecule has 0 amide bonds. The predicted octanol–water partition coefficient (Wildman–Crippen LogP) is 8.44. The van der Waals surface area contributed by atoms with Crippen molar-refractivity contribution in [3.63, 3.8) is 0 Å². The summed E-state index contributed by atoms with van der Waals surface area (Å²) in [5.41, 5.74) is 0. The number of carbonyl (C=O) groups excluding carboxylic acids is 2. The van der Waals surface area contributed by atoms with Gasteiger partial charge >= 0.3 is 19.8 Å². The summed E-state index contributed by atoms with van der Waals surface area (Å²) in [6, 6.07) is 0. The van der Waals surface area contributed by atoms with Crippen molar-refractivity contribution in [3.05, 3.63) is 0 Å². The molecule has 1 unspecified atom stereocenters. The molecule has 0 bridgehead atoms. The van der Waals surface area contributed by atoms with Gasteiger partial charge in [0.25, 0.3) is 0 Å². The van der Waals surface area contributed by atoms with Crippen LogP contribution in [0.25, 0.3) is 0 Å². The Morgan fingerprint density at radius 1 is 0.605 bits per heavy atom. The van der Waals surface area contributed by atoms with Gasteiger partial charge in [0.05, 0.1) is 13.2 Å². The number of hydrogen-bond acceptors (Lipinski definition) is 7. The monoisotopic (exact) mass is 564 g/mol. The van der Waals surface area contributed by atoms with Gasteiger partial charge in [0.2, 0.25) is 0 Å². The molecule has 2 atom stereocenters. The van der Waals surface area contributed by atoms with Gasteiger partial charge in [-0.05, 0) is 19.8 Å². The molecule has 0 saturated carbocycles. The van der Waals surface area contributed by atoms with Crippen molar-refractivity contribution >= 4 is 19.8 Å². The number of hydrogen-bond donors (Lipinski definition) is 1. The molecular weight excluding hydrogens is 507 g/mol. The molecule has 0 fully saturated rings. The number of phosphoric ester groups is 1. The molecule has 0 aromatic heterocycles. The fraction of sp³-hybridized carbons (Fsp3) is 0.931. The van der Waals surface area contributed by atoms with E-state index in [9.17, 15) is 19.0 Å². The first-order chi connectivity index (χ1) is 18.3. The lowest BCUT2D eigenvalue weighted by Crippen LogP contribution is -2.29. The number of phosphoric acid groups is 1. The van der Waals surface area contributed by atoms with Crippen molar-refractivity contribution in [2.24, 2.45) is 0 Å². The van der Waals surface area contributed by atoms with E-state index in [1.165, 1.54) is 64.2 Å². The zero-order chi connectivity index (χ0) is 28.3. The highest BCUT2D eigenvalue weighted by Crippen LogP contribution is 2.43. The Morgan fingerprint density at radius 3 is 1.47 bits per heavy atom. The third-order valence-corrected chi connectivity index (χ3v) is 7.47. The van der Waals surface area contributed by atoms with Gasteiger partial charge in [-0.15, -0.1) is 0 Å². The molecule has 38 heavy (non-hydrogen) atoms. The van der Waals surface area contributed by atoms with E-state index in [0.717, 1.165) is 44.9 Å². The molecule has 0 heterocycles. The van der Waals surface area contributed by atoms with Gasteiger partial charge in [-0.1, -0.05) is 117 Å². The van der Waals surface area contributed by atoms with Gasteiger partial charge < -0.3 is 14.4 Å². The molecule has 0 radical (unpaired) electrons. The van der Waals surface area contributed by atoms with Crippen LogP contribution < -0.4 is 0 Å². The van der Waals surface area contributed by atoms with Gasteiger partial charge in [0.15, 0.2) is 6.10 Å². The largest absolute Gasteiger partial charge is 0.472 e. The zero-order valence-corrected chi connectivity index (χ0v) is 25.5. The molecule has 226 valence electrons. The van der Waals surface area contributed by atoms with Crippen molar-refractivity contribution in [1.29, 1.82) is 0 Å². The van der Waals surface area contributed by atoms with Crippen molar-refractivity contribution in [2.45, 2.75) is 155 Å². The van der Waals surface area contributed by atoms with E-state index in [1.54, 1.807) is 6.92 Å². The number of rotatable bonds is 28. The lowest BCUT2D eigenvalue weighted by atomic mass is 10.0. The third-order valence-electron chi connectivity index (χ3n) is 6.41. The quantitative estimate of drug-likeness (QED) is 0.0573. The summed E-state index contributed by atoms with van der Waals surface area (Å²) in [7, 11) is -4.25. The summed E-state index contributed by atoms with van der Waals surface area (Å²) in [5, 5.41) is 0. The third kappa shape index (κ3) is 25.3. The van der Waals surface area contributed by atoms with Gasteiger partial charge in [0, 0.05) is 12.8 Å². The maximum Gasteiger partial charge on any atom is 0.472 e. The number of unbranched alkanes of at least 4 members (excludes halogenated alkanes) is 16. The van der Waals surface area contributed by atoms with Crippen molar-refractivity contribution in [2.75, 3.05) is 19.8 Å². The van der Waals surface area contributed by atoms with Crippen LogP contribution in [0.1, 0.15) is 149 Å². The molecule has 0 spiro atoms. The Labute approximate surface area is 232 Å². The van der Waals surface area contributed by atoms with Crippen LogP contribution >= 0.6 is 7.82 Å². The van der Waals surface area contributed by atoms with Crippen LogP contribution in [0.3, 0.4) is 0 Å². The van der Waals surface area contributed by atoms with E-state index in [2.05, 4.69) is 18.4 Å². The van der Waals surface area contributed by atoms with Crippen molar-refractivity contribution < 1.29 is 37.6 Å². The van der Waals surface area contributed by atoms with Gasteiger partial charge in [-0.3, -0.25) is 18.6 Å². The van der Waals surface area contributed by atoms with Crippen molar-refractivity contribution in [1.82, 2.24) is 0 Å². The molecule has 0 saturated heterocycles. The van der Waals surface area contributed by atoms with E-state index >= 15 is 0 Å². The summed E-state index contributed by atoms with van der Waals surface area (Å²) < 4.78 is 32.1. The van der Waals surface area contributed by atoms with E-state index in [1.807, 2.05) is 0 Å². The first kappa shape index (κ1) is 37.0. The predicted molar refractivity (Wildman–Crippen MR) is 152 cm³/mol. The first-order valence-electron chi connectivity index (χ1n) is 15.3. The minimum Gasteiger partial charge on any atom is -0.462 e. The minimum absolute atomic E-state index is 0.00407. The molecule has 0 aliphatic carbocycles. The summed E-state index contributed by atoms with van der Waals surface area (Å²) in [6.07, 6.45) is 20.6. The minimum atomic E-state index is -4.25. The standard InChI is InChI=1S/C29H57O8P/c1-4-7-9-11-12-13-14-15-16-17-18-20-21-23-28(30)34-25-27(26-36-38(32,33)35-6-3)37-29(31)24-22-19-10-8-5-2/h27H,4-26H2,1-3H3,(H,32,33)/t27-/m1/s1. The Balaban J connectivity index is 4.12. The SMILES string of the molecule is CCCCCCCCCCCCCCCC(=O)OC[C@H](COP(=O)(O)OCC)OC(=O)CCCCCCC. The fourth-order valence-electron chi connectivity index (χ4n) is 4.16. The Hall–Kier alpha value is -0.950. The van der Waals surface area contributed by atoms with Crippen molar-refractivity contribution in [3.8, 4) is 0 Å². The first-order valence-corrected chi connectivity index (χ1v) is 16.8. The van der Waals surface area contributed by atoms with E-state index in [-0.39, 0.29) is 32.2 Å². The second-order valence-electron chi connectivity index (χ2n) is 10.1. The normalized spacial score (nSPS) is 13.7. The summed E-state index contributed by atoms with van der Waals surface area (Å²) in [6.45, 7) is 5.34. The summed E-state index contributed by atoms with van der Waals surface area (Å²) in [4.78, 5) is 34.0. The summed E-state index contributed by atoms with van der Waals surface area (Å²) >= 11 is 0. The van der Waals surface area contributed by atoms with Crippen LogP contribution in [-0.2, 0) is 32.7 Å². The maximum atomic E-state index is 12.2. The van der Waals surface area contributed by atoms with Gasteiger partial charge in [-0.2, -0.15) is 0 Å². The highest BCUT2D eigenvalue weighted by Gasteiger charge is 2.25.